The minimum atomic E-state index is -1.34. The van der Waals surface area contributed by atoms with Crippen molar-refractivity contribution in [2.75, 3.05) is 30.4 Å². The number of nitrogen functional groups attached to an aromatic ring is 1. The summed E-state index contributed by atoms with van der Waals surface area (Å²) in [6, 6.07) is -1.12. The van der Waals surface area contributed by atoms with E-state index in [1.165, 1.54) is 23.5 Å². The number of β-lactam (4-membered cyclic amide) rings is 1. The molecule has 23 heteroatoms. The summed E-state index contributed by atoms with van der Waals surface area (Å²) in [6.07, 6.45) is 0.788. The molecule has 1 saturated heterocycles. The molecule has 1 unspecified atom stereocenters. The number of rotatable bonds is 15. The number of nitrogens with zero attached hydrogens (tertiary/aromatic N) is 8. The Hall–Kier alpha value is -4.51. The predicted octanol–water partition coefficient (Wildman–Crippen LogP) is -0.252. The van der Waals surface area contributed by atoms with Crippen LogP contribution in [0.2, 0.25) is 0 Å². The van der Waals surface area contributed by atoms with Gasteiger partial charge in [-0.2, -0.15) is 9.36 Å². The lowest BCUT2D eigenvalue weighted by Gasteiger charge is -2.49. The van der Waals surface area contributed by atoms with Gasteiger partial charge in [-0.3, -0.25) is 14.5 Å². The number of oxime groups is 1. The lowest BCUT2D eigenvalue weighted by molar-refractivity contribution is -0.150. The lowest BCUT2D eigenvalue weighted by atomic mass is 10.0. The van der Waals surface area contributed by atoms with Crippen molar-refractivity contribution in [2.45, 2.75) is 62.3 Å². The number of carbonyl (C=O) groups excluding carboxylic acids is 3. The molecule has 2 aromatic rings. The largest absolute Gasteiger partial charge is 0.479 e. The minimum absolute atomic E-state index is 0.00993. The number of amides is 3. The zero-order chi connectivity index (χ0) is 34.3. The smallest absolute Gasteiger partial charge is 0.407 e. The molecule has 20 nitrogen and oxygen atoms in total. The first-order valence-electron chi connectivity index (χ1n) is 13.8. The molecule has 4 rings (SSSR count). The first kappa shape index (κ1) is 35.3. The van der Waals surface area contributed by atoms with E-state index in [2.05, 4.69) is 45.5 Å². The van der Waals surface area contributed by atoms with Crippen LogP contribution >= 0.6 is 35.1 Å². The molecule has 2 atom stereocenters. The summed E-state index contributed by atoms with van der Waals surface area (Å²) in [5.74, 6) is -4.09. The fourth-order valence-corrected chi connectivity index (χ4v) is 6.98. The summed E-state index contributed by atoms with van der Waals surface area (Å²) in [4.78, 5) is 70.7. The number of carboxylic acids is 2. The number of alkyl carbamates (subject to hydrolysis) is 1. The van der Waals surface area contributed by atoms with Crippen LogP contribution in [0, 0.1) is 0 Å². The summed E-state index contributed by atoms with van der Waals surface area (Å²) in [5, 5.41) is 39.0. The van der Waals surface area contributed by atoms with Crippen LogP contribution in [0.15, 0.2) is 21.6 Å². The zero-order valence-corrected chi connectivity index (χ0v) is 27.7. The SMILES string of the molecule is CC(C)(C)OC(=O)NCCCCn1nnnc1SCC1=C(C(=O)O)N2C(=O)C(NC(=O)C(=NOCC(=O)O)c3nsc(N)n3)[C@H]2SC1. The number of aryl methyl sites for hydroxylation is 1. The van der Waals surface area contributed by atoms with Gasteiger partial charge in [0, 0.05) is 36.1 Å². The Morgan fingerprint density at radius 3 is 2.64 bits per heavy atom. The minimum Gasteiger partial charge on any atom is -0.479 e. The van der Waals surface area contributed by atoms with Crippen LogP contribution in [0.25, 0.3) is 0 Å². The molecule has 0 aliphatic carbocycles. The third kappa shape index (κ3) is 9.28. The number of hydrogen-bond acceptors (Lipinski definition) is 17. The highest BCUT2D eigenvalue weighted by atomic mass is 32.2. The van der Waals surface area contributed by atoms with E-state index in [1.807, 2.05) is 0 Å². The van der Waals surface area contributed by atoms with Crippen LogP contribution in [0.5, 0.6) is 0 Å². The maximum atomic E-state index is 13.2. The average molecular weight is 714 g/mol. The number of aromatic nitrogens is 6. The molecule has 0 saturated carbocycles. The molecule has 2 aliphatic rings. The van der Waals surface area contributed by atoms with Gasteiger partial charge in [-0.05, 0) is 49.6 Å². The molecule has 0 radical (unpaired) electrons. The van der Waals surface area contributed by atoms with Crippen LogP contribution in [0.4, 0.5) is 9.93 Å². The number of carboxylic acid groups (broad SMARTS) is 2. The van der Waals surface area contributed by atoms with Gasteiger partial charge in [0.25, 0.3) is 11.8 Å². The molecule has 1 fully saturated rings. The van der Waals surface area contributed by atoms with E-state index < -0.39 is 59.2 Å². The van der Waals surface area contributed by atoms with Gasteiger partial charge in [-0.1, -0.05) is 16.9 Å². The molecule has 0 bridgehead atoms. The fraction of sp³-hybridized carbons (Fsp3) is 0.542. The van der Waals surface area contributed by atoms with Crippen LogP contribution in [0.1, 0.15) is 39.4 Å². The van der Waals surface area contributed by atoms with Crippen LogP contribution in [-0.2, 0) is 35.3 Å². The number of unbranched alkanes of at least 4 members (excludes halogenated alkanes) is 1. The van der Waals surface area contributed by atoms with Crippen LogP contribution in [-0.4, -0.2) is 122 Å². The van der Waals surface area contributed by atoms with E-state index >= 15 is 0 Å². The maximum absolute atomic E-state index is 13.2. The Kier molecular flexibility index (Phi) is 11.6. The van der Waals surface area contributed by atoms with E-state index in [1.54, 1.807) is 25.5 Å². The average Bonchev–Trinajstić information content (AvgIpc) is 3.63. The number of ether oxygens (including phenoxy) is 1. The quantitative estimate of drug-likeness (QED) is 0.0523. The number of tetrazole rings is 1. The third-order valence-electron chi connectivity index (χ3n) is 6.09. The molecule has 2 aliphatic heterocycles. The molecular formula is C24H31N11O9S3. The highest BCUT2D eigenvalue weighted by Crippen LogP contribution is 2.41. The molecule has 0 aromatic carbocycles. The maximum Gasteiger partial charge on any atom is 0.407 e. The van der Waals surface area contributed by atoms with Gasteiger partial charge in [0.2, 0.25) is 23.3 Å². The number of nitrogens with two attached hydrogens (primary N) is 1. The number of hydrogen-bond donors (Lipinski definition) is 5. The number of aliphatic carboxylic acids is 2. The second-order valence-electron chi connectivity index (χ2n) is 10.8. The van der Waals surface area contributed by atoms with Crippen molar-refractivity contribution in [1.29, 1.82) is 0 Å². The fourth-order valence-electron chi connectivity index (χ4n) is 4.15. The van der Waals surface area contributed by atoms with E-state index in [0.717, 1.165) is 16.4 Å². The van der Waals surface area contributed by atoms with E-state index in [0.29, 0.717) is 36.7 Å². The van der Waals surface area contributed by atoms with Gasteiger partial charge in [0.05, 0.1) is 0 Å². The van der Waals surface area contributed by atoms with Crippen molar-refractivity contribution in [1.82, 2.24) is 45.1 Å². The van der Waals surface area contributed by atoms with Crippen molar-refractivity contribution in [2.24, 2.45) is 5.16 Å². The normalized spacial score (nSPS) is 17.9. The molecule has 6 N–H and O–H groups in total. The summed E-state index contributed by atoms with van der Waals surface area (Å²) >= 11 is 3.22. The number of fused-ring (bicyclic) bond motifs is 1. The third-order valence-corrected chi connectivity index (χ3v) is 9.01. The molecule has 3 amide bonds. The van der Waals surface area contributed by atoms with Crippen molar-refractivity contribution in [3.63, 3.8) is 0 Å². The molecule has 47 heavy (non-hydrogen) atoms. The van der Waals surface area contributed by atoms with Crippen molar-refractivity contribution in [3.05, 3.63) is 17.1 Å². The Balaban J connectivity index is 1.35. The van der Waals surface area contributed by atoms with Crippen molar-refractivity contribution >= 4 is 75.7 Å². The van der Waals surface area contributed by atoms with Gasteiger partial charge in [0.1, 0.15) is 22.7 Å². The van der Waals surface area contributed by atoms with Crippen molar-refractivity contribution < 1.29 is 43.8 Å². The molecule has 4 heterocycles. The number of carbonyl (C=O) groups is 5. The van der Waals surface area contributed by atoms with Gasteiger partial charge in [-0.15, -0.1) is 16.9 Å². The van der Waals surface area contributed by atoms with E-state index in [9.17, 15) is 29.1 Å². The summed E-state index contributed by atoms with van der Waals surface area (Å²) in [6.45, 7) is 5.34. The number of thioether (sulfide) groups is 2. The Bertz CT molecular complexity index is 1590. The molecule has 254 valence electrons. The molecule has 2 aromatic heterocycles. The van der Waals surface area contributed by atoms with Crippen LogP contribution < -0.4 is 16.4 Å². The first-order valence-corrected chi connectivity index (χ1v) is 16.6. The topological polar surface area (TPSA) is 279 Å². The Labute approximate surface area is 279 Å². The summed E-state index contributed by atoms with van der Waals surface area (Å²) in [7, 11) is 0. The second-order valence-corrected chi connectivity index (χ2v) is 13.6. The van der Waals surface area contributed by atoms with Crippen molar-refractivity contribution in [3.8, 4) is 0 Å². The van der Waals surface area contributed by atoms with Crippen LogP contribution in [0.3, 0.4) is 0 Å². The van der Waals surface area contributed by atoms with Gasteiger partial charge >= 0.3 is 18.0 Å². The van der Waals surface area contributed by atoms with E-state index in [4.69, 9.17) is 15.6 Å². The highest BCUT2D eigenvalue weighted by molar-refractivity contribution is 8.01. The lowest BCUT2D eigenvalue weighted by Crippen LogP contribution is -2.71. The monoisotopic (exact) mass is 713 g/mol. The summed E-state index contributed by atoms with van der Waals surface area (Å²) < 4.78 is 10.7. The standard InChI is InChI=1S/C24H31N11O9S3/c1-24(2,3)44-23(42)26-6-4-5-7-34-22(29-32-33-34)46-10-11-9-45-19-14(18(39)35(19)15(11)20(40)41)27-17(38)13(30-43-8-12(36)37)16-28-21(25)47-31-16/h14,19H,4-10H2,1-3H3,(H,26,42)(H,27,38)(H,36,37)(H,40,41)(H2,25,28,31)/t14?,19-/m1/s1. The van der Waals surface area contributed by atoms with Gasteiger partial charge in [0.15, 0.2) is 5.13 Å². The highest BCUT2D eigenvalue weighted by Gasteiger charge is 2.54. The molecular weight excluding hydrogens is 683 g/mol. The zero-order valence-electron chi connectivity index (χ0n) is 25.2. The number of anilines is 1. The number of nitrogens with one attached hydrogen (secondary N) is 2. The second kappa shape index (κ2) is 15.4. The predicted molar refractivity (Wildman–Crippen MR) is 166 cm³/mol. The van der Waals surface area contributed by atoms with Gasteiger partial charge < -0.3 is 36.2 Å². The Morgan fingerprint density at radius 2 is 1.98 bits per heavy atom. The summed E-state index contributed by atoms with van der Waals surface area (Å²) in [5.41, 5.74) is 4.76. The Morgan fingerprint density at radius 1 is 1.21 bits per heavy atom. The molecule has 0 spiro atoms. The van der Waals surface area contributed by atoms with E-state index in [-0.39, 0.29) is 28.2 Å². The van der Waals surface area contributed by atoms with Gasteiger partial charge in [-0.25, -0.2) is 19.1 Å². The first-order chi connectivity index (χ1) is 22.2.